The van der Waals surface area contributed by atoms with E-state index in [9.17, 15) is 0 Å². The van der Waals surface area contributed by atoms with Crippen molar-refractivity contribution in [2.24, 2.45) is 0 Å². The summed E-state index contributed by atoms with van der Waals surface area (Å²) in [5.41, 5.74) is 3.92. The Morgan fingerprint density at radius 1 is 0.395 bits per heavy atom. The van der Waals surface area contributed by atoms with Gasteiger partial charge in [0, 0.05) is 11.1 Å². The molecule has 5 aromatic carbocycles. The fourth-order valence-corrected chi connectivity index (χ4v) is 10.5. The molecule has 0 fully saturated rings. The largest absolute Gasteiger partial charge is 0.222 e. The van der Waals surface area contributed by atoms with Crippen molar-refractivity contribution < 1.29 is 0 Å². The molecule has 182 valence electrons. The molecule has 0 aliphatic heterocycles. The topological polar surface area (TPSA) is 25.8 Å². The molecule has 1 aromatic heterocycles. The predicted molar refractivity (Wildman–Crippen MR) is 164 cm³/mol. The van der Waals surface area contributed by atoms with Crippen molar-refractivity contribution >= 4 is 44.8 Å². The van der Waals surface area contributed by atoms with Gasteiger partial charge in [-0.15, -0.1) is 0 Å². The Bertz CT molecular complexity index is 1560. The van der Waals surface area contributed by atoms with Crippen molar-refractivity contribution in [1.82, 2.24) is 9.97 Å². The Kier molecular flexibility index (Phi) is 6.82. The first kappa shape index (κ1) is 24.2. The lowest BCUT2D eigenvalue weighted by Crippen LogP contribution is -2.74. The molecule has 0 unspecified atom stereocenters. The van der Waals surface area contributed by atoms with E-state index in [-0.39, 0.29) is 0 Å². The second-order valence-corrected chi connectivity index (χ2v) is 13.7. The number of halogens is 1. The SMILES string of the molecule is Brc1nc(-c2ccccc2)cc(-c2cccc([Si](c3ccccc3)(c3ccccc3)c3ccccc3)c2)n1. The van der Waals surface area contributed by atoms with E-state index in [4.69, 9.17) is 4.98 Å². The van der Waals surface area contributed by atoms with E-state index in [1.54, 1.807) is 0 Å². The van der Waals surface area contributed by atoms with Gasteiger partial charge in [0.2, 0.25) is 0 Å². The average molecular weight is 570 g/mol. The summed E-state index contributed by atoms with van der Waals surface area (Å²) in [6, 6.07) is 54.2. The monoisotopic (exact) mass is 568 g/mol. The second kappa shape index (κ2) is 10.7. The van der Waals surface area contributed by atoms with Gasteiger partial charge >= 0.3 is 0 Å². The highest BCUT2D eigenvalue weighted by Crippen LogP contribution is 2.25. The van der Waals surface area contributed by atoms with E-state index in [0.29, 0.717) is 4.73 Å². The lowest BCUT2D eigenvalue weighted by Gasteiger charge is -2.34. The molecule has 0 bridgehead atoms. The van der Waals surface area contributed by atoms with Crippen LogP contribution in [0.4, 0.5) is 0 Å². The first-order chi connectivity index (χ1) is 18.7. The molecule has 6 rings (SSSR count). The standard InChI is InChI=1S/C34H25BrN2Si/c35-34-36-32(26-14-5-1-6-15-26)25-33(37-34)27-16-13-23-31(24-27)38(28-17-7-2-8-18-28,29-19-9-3-10-20-29)30-21-11-4-12-22-30/h1-25H. The third-order valence-corrected chi connectivity index (χ3v) is 12.1. The maximum Gasteiger partial charge on any atom is 0.197 e. The van der Waals surface area contributed by atoms with Crippen LogP contribution in [0.25, 0.3) is 22.5 Å². The Labute approximate surface area is 232 Å². The number of nitrogens with zero attached hydrogens (tertiary/aromatic N) is 2. The molecule has 0 amide bonds. The zero-order valence-corrected chi connectivity index (χ0v) is 23.3. The summed E-state index contributed by atoms with van der Waals surface area (Å²) in [4.78, 5) is 9.45. The molecule has 0 saturated heterocycles. The van der Waals surface area contributed by atoms with E-state index >= 15 is 0 Å². The highest BCUT2D eigenvalue weighted by atomic mass is 79.9. The minimum Gasteiger partial charge on any atom is -0.222 e. The zero-order valence-electron chi connectivity index (χ0n) is 20.7. The average Bonchev–Trinajstić information content (AvgIpc) is 3.00. The lowest BCUT2D eigenvalue weighted by molar-refractivity contribution is 1.12. The van der Waals surface area contributed by atoms with Crippen LogP contribution < -0.4 is 20.7 Å². The Morgan fingerprint density at radius 3 is 1.29 bits per heavy atom. The van der Waals surface area contributed by atoms with Gasteiger partial charge in [-0.25, -0.2) is 9.97 Å². The zero-order chi connectivity index (χ0) is 25.8. The van der Waals surface area contributed by atoms with E-state index in [1.165, 1.54) is 20.7 Å². The molecule has 0 N–H and O–H groups in total. The molecule has 0 radical (unpaired) electrons. The van der Waals surface area contributed by atoms with E-state index in [0.717, 1.165) is 22.5 Å². The number of rotatable bonds is 6. The third kappa shape index (κ3) is 4.53. The number of benzene rings is 5. The summed E-state index contributed by atoms with van der Waals surface area (Å²) in [6.07, 6.45) is 0. The normalized spacial score (nSPS) is 11.3. The van der Waals surface area contributed by atoms with Gasteiger partial charge in [-0.3, -0.25) is 0 Å². The van der Waals surface area contributed by atoms with E-state index < -0.39 is 8.07 Å². The molecule has 4 heteroatoms. The molecule has 0 aliphatic carbocycles. The Balaban J connectivity index is 1.60. The first-order valence-electron chi connectivity index (χ1n) is 12.6. The molecule has 0 aliphatic rings. The third-order valence-electron chi connectivity index (χ3n) is 6.98. The van der Waals surface area contributed by atoms with E-state index in [2.05, 4.69) is 154 Å². The van der Waals surface area contributed by atoms with Crippen LogP contribution in [-0.4, -0.2) is 18.0 Å². The molecular formula is C34H25BrN2Si. The maximum atomic E-state index is 4.79. The van der Waals surface area contributed by atoms with Gasteiger partial charge in [-0.05, 0) is 42.7 Å². The second-order valence-electron chi connectivity index (χ2n) is 9.20. The van der Waals surface area contributed by atoms with Gasteiger partial charge in [0.25, 0.3) is 0 Å². The van der Waals surface area contributed by atoms with Gasteiger partial charge in [0.1, 0.15) is 0 Å². The Morgan fingerprint density at radius 2 is 0.789 bits per heavy atom. The van der Waals surface area contributed by atoms with E-state index in [1.807, 2.05) is 18.2 Å². The van der Waals surface area contributed by atoms with Crippen LogP contribution in [0, 0.1) is 0 Å². The van der Waals surface area contributed by atoms with Gasteiger partial charge in [-0.2, -0.15) is 0 Å². The molecule has 0 saturated carbocycles. The molecule has 0 spiro atoms. The fourth-order valence-electron chi connectivity index (χ4n) is 5.30. The summed E-state index contributed by atoms with van der Waals surface area (Å²) >= 11 is 3.56. The van der Waals surface area contributed by atoms with Crippen molar-refractivity contribution in [2.75, 3.05) is 0 Å². The summed E-state index contributed by atoms with van der Waals surface area (Å²) in [7, 11) is -2.61. The Hall–Kier alpha value is -4.12. The fraction of sp³-hybridized carbons (Fsp3) is 0. The van der Waals surface area contributed by atoms with Crippen LogP contribution in [-0.2, 0) is 0 Å². The minimum atomic E-state index is -2.61. The van der Waals surface area contributed by atoms with Crippen LogP contribution in [0.3, 0.4) is 0 Å². The van der Waals surface area contributed by atoms with Gasteiger partial charge in [-0.1, -0.05) is 146 Å². The van der Waals surface area contributed by atoms with Crippen LogP contribution in [0.1, 0.15) is 0 Å². The van der Waals surface area contributed by atoms with Crippen molar-refractivity contribution in [2.45, 2.75) is 0 Å². The molecular weight excluding hydrogens is 544 g/mol. The van der Waals surface area contributed by atoms with Gasteiger partial charge < -0.3 is 0 Å². The molecule has 1 heterocycles. The first-order valence-corrected chi connectivity index (χ1v) is 15.4. The van der Waals surface area contributed by atoms with Crippen molar-refractivity contribution in [3.8, 4) is 22.5 Å². The highest BCUT2D eigenvalue weighted by molar-refractivity contribution is 9.10. The summed E-state index contributed by atoms with van der Waals surface area (Å²) < 4.78 is 0.581. The number of aromatic nitrogens is 2. The molecule has 0 atom stereocenters. The smallest absolute Gasteiger partial charge is 0.197 e. The van der Waals surface area contributed by atoms with Crippen LogP contribution in [0.15, 0.2) is 156 Å². The molecule has 6 aromatic rings. The van der Waals surface area contributed by atoms with Gasteiger partial charge in [0.15, 0.2) is 12.8 Å². The molecule has 2 nitrogen and oxygen atoms in total. The summed E-state index contributed by atoms with van der Waals surface area (Å²) in [5.74, 6) is 0. The number of hydrogen-bond donors (Lipinski definition) is 0. The summed E-state index contributed by atoms with van der Waals surface area (Å²) in [5, 5.41) is 5.37. The highest BCUT2D eigenvalue weighted by Gasteiger charge is 2.41. The minimum absolute atomic E-state index is 0.581. The lowest BCUT2D eigenvalue weighted by atomic mass is 10.1. The van der Waals surface area contributed by atoms with Gasteiger partial charge in [0.05, 0.1) is 11.4 Å². The predicted octanol–water partition coefficient (Wildman–Crippen LogP) is 5.95. The van der Waals surface area contributed by atoms with Crippen LogP contribution in [0.2, 0.25) is 0 Å². The van der Waals surface area contributed by atoms with Crippen LogP contribution >= 0.6 is 15.9 Å². The van der Waals surface area contributed by atoms with Crippen molar-refractivity contribution in [3.05, 3.63) is 156 Å². The number of hydrogen-bond acceptors (Lipinski definition) is 2. The van der Waals surface area contributed by atoms with Crippen molar-refractivity contribution in [1.29, 1.82) is 0 Å². The quantitative estimate of drug-likeness (QED) is 0.141. The molecule has 38 heavy (non-hydrogen) atoms. The van der Waals surface area contributed by atoms with Crippen molar-refractivity contribution in [3.63, 3.8) is 0 Å². The summed E-state index contributed by atoms with van der Waals surface area (Å²) in [6.45, 7) is 0. The van der Waals surface area contributed by atoms with Crippen LogP contribution in [0.5, 0.6) is 0 Å². The maximum absolute atomic E-state index is 4.79.